The average molecular weight is 246 g/mol. The molecule has 8 nitrogen and oxygen atoms in total. The number of aliphatic carboxylic acids is 2. The van der Waals surface area contributed by atoms with E-state index in [4.69, 9.17) is 21.7 Å². The molecule has 0 atom stereocenters. The minimum Gasteiger partial charge on any atom is -0.478 e. The summed E-state index contributed by atoms with van der Waals surface area (Å²) >= 11 is 0. The minimum absolute atomic E-state index is 0.558. The zero-order chi connectivity index (χ0) is 14.2. The molecule has 0 spiro atoms. The fourth-order valence-corrected chi connectivity index (χ4v) is 0.264. The summed E-state index contributed by atoms with van der Waals surface area (Å²) in [4.78, 5) is 39.9. The number of carbonyl (C=O) groups is 4. The summed E-state index contributed by atoms with van der Waals surface area (Å²) in [5.41, 5.74) is 8.44. The first-order valence-electron chi connectivity index (χ1n) is 4.25. The Balaban J connectivity index is 0. The molecule has 0 aromatic heterocycles. The van der Waals surface area contributed by atoms with Crippen LogP contribution in [0.15, 0.2) is 12.2 Å². The lowest BCUT2D eigenvalue weighted by Crippen LogP contribution is -2.42. The second kappa shape index (κ2) is 6.99. The fourth-order valence-electron chi connectivity index (χ4n) is 0.264. The Hall–Kier alpha value is -2.38. The third-order valence-corrected chi connectivity index (χ3v) is 1.60. The van der Waals surface area contributed by atoms with Gasteiger partial charge in [0.05, 0.1) is 0 Å². The molecule has 8 heteroatoms. The maximum absolute atomic E-state index is 10.4. The molecule has 0 aliphatic carbocycles. The van der Waals surface area contributed by atoms with Gasteiger partial charge in [-0.15, -0.1) is 0 Å². The molecular weight excluding hydrogens is 232 g/mol. The first kappa shape index (κ1) is 17.0. The Morgan fingerprint density at radius 3 is 1.18 bits per heavy atom. The molecular formula is C9H14N2O6. The van der Waals surface area contributed by atoms with E-state index in [1.807, 2.05) is 0 Å². The van der Waals surface area contributed by atoms with Gasteiger partial charge in [-0.05, 0) is 13.8 Å². The quantitative estimate of drug-likeness (QED) is 0.356. The summed E-state index contributed by atoms with van der Waals surface area (Å²) in [6.45, 7) is 2.77. The molecule has 96 valence electrons. The van der Waals surface area contributed by atoms with Gasteiger partial charge in [-0.2, -0.15) is 0 Å². The number of amides is 2. The van der Waals surface area contributed by atoms with Crippen molar-refractivity contribution in [1.29, 1.82) is 0 Å². The van der Waals surface area contributed by atoms with Crippen LogP contribution >= 0.6 is 0 Å². The van der Waals surface area contributed by atoms with Crippen LogP contribution in [-0.4, -0.2) is 34.0 Å². The van der Waals surface area contributed by atoms with Crippen LogP contribution in [0.5, 0.6) is 0 Å². The number of carboxylic acid groups (broad SMARTS) is 2. The van der Waals surface area contributed by atoms with Gasteiger partial charge < -0.3 is 21.7 Å². The van der Waals surface area contributed by atoms with Crippen LogP contribution in [0, 0.1) is 5.41 Å². The second-order valence-corrected chi connectivity index (χ2v) is 3.36. The van der Waals surface area contributed by atoms with E-state index in [0.29, 0.717) is 12.2 Å². The van der Waals surface area contributed by atoms with Crippen molar-refractivity contribution >= 4 is 23.8 Å². The van der Waals surface area contributed by atoms with Crippen molar-refractivity contribution < 1.29 is 29.4 Å². The van der Waals surface area contributed by atoms with Gasteiger partial charge in [0.15, 0.2) is 0 Å². The van der Waals surface area contributed by atoms with Crippen molar-refractivity contribution in [2.75, 3.05) is 0 Å². The van der Waals surface area contributed by atoms with Gasteiger partial charge in [0.1, 0.15) is 5.41 Å². The van der Waals surface area contributed by atoms with E-state index in [9.17, 15) is 19.2 Å². The highest BCUT2D eigenvalue weighted by molar-refractivity contribution is 6.02. The molecule has 0 aliphatic heterocycles. The molecule has 0 aromatic rings. The molecule has 0 aliphatic rings. The summed E-state index contributed by atoms with van der Waals surface area (Å²) in [5, 5.41) is 15.6. The van der Waals surface area contributed by atoms with Gasteiger partial charge >= 0.3 is 11.9 Å². The predicted octanol–water partition coefficient (Wildman–Crippen LogP) is -1.30. The van der Waals surface area contributed by atoms with Crippen LogP contribution < -0.4 is 11.5 Å². The standard InChI is InChI=1S/C5H10N2O2.C4H4O4/c1-5(2,3(6)8)4(7)9;5-3(6)1-2-4(7)8/h1-2H3,(H2,6,8)(H2,7,9);1-2H,(H,5,6)(H,7,8)/b;2-1+. The van der Waals surface area contributed by atoms with E-state index < -0.39 is 29.2 Å². The van der Waals surface area contributed by atoms with Gasteiger partial charge in [-0.1, -0.05) is 0 Å². The van der Waals surface area contributed by atoms with E-state index in [1.165, 1.54) is 13.8 Å². The summed E-state index contributed by atoms with van der Waals surface area (Å²) in [6, 6.07) is 0. The maximum Gasteiger partial charge on any atom is 0.328 e. The van der Waals surface area contributed by atoms with Gasteiger partial charge in [-0.3, -0.25) is 9.59 Å². The molecule has 0 saturated carbocycles. The smallest absolute Gasteiger partial charge is 0.328 e. The highest BCUT2D eigenvalue weighted by Gasteiger charge is 2.31. The third kappa shape index (κ3) is 8.60. The van der Waals surface area contributed by atoms with E-state index >= 15 is 0 Å². The number of primary amides is 2. The average Bonchev–Trinajstić information content (AvgIpc) is 2.15. The molecule has 6 N–H and O–H groups in total. The topological polar surface area (TPSA) is 161 Å². The molecule has 0 saturated heterocycles. The van der Waals surface area contributed by atoms with Crippen molar-refractivity contribution in [1.82, 2.24) is 0 Å². The van der Waals surface area contributed by atoms with Crippen molar-refractivity contribution in [3.8, 4) is 0 Å². The number of hydrogen-bond donors (Lipinski definition) is 4. The molecule has 0 rings (SSSR count). The molecule has 0 fully saturated rings. The fraction of sp³-hybridized carbons (Fsp3) is 0.333. The first-order valence-corrected chi connectivity index (χ1v) is 4.25. The maximum atomic E-state index is 10.4. The summed E-state index contributed by atoms with van der Waals surface area (Å²) in [5.74, 6) is -3.91. The van der Waals surface area contributed by atoms with Crippen molar-refractivity contribution in [2.24, 2.45) is 16.9 Å². The summed E-state index contributed by atoms with van der Waals surface area (Å²) in [6.07, 6.45) is 1.12. The number of carbonyl (C=O) groups excluding carboxylic acids is 2. The Kier molecular flexibility index (Phi) is 7.00. The van der Waals surface area contributed by atoms with Gasteiger partial charge in [0.25, 0.3) is 0 Å². The lowest BCUT2D eigenvalue weighted by Gasteiger charge is -2.14. The van der Waals surface area contributed by atoms with Gasteiger partial charge in [-0.25, -0.2) is 9.59 Å². The molecule has 0 radical (unpaired) electrons. The lowest BCUT2D eigenvalue weighted by atomic mass is 9.92. The van der Waals surface area contributed by atoms with Crippen LogP contribution in [0.2, 0.25) is 0 Å². The highest BCUT2D eigenvalue weighted by Crippen LogP contribution is 2.11. The van der Waals surface area contributed by atoms with E-state index in [1.54, 1.807) is 0 Å². The van der Waals surface area contributed by atoms with Crippen LogP contribution in [0.25, 0.3) is 0 Å². The Morgan fingerprint density at radius 2 is 1.12 bits per heavy atom. The van der Waals surface area contributed by atoms with Crippen molar-refractivity contribution in [3.05, 3.63) is 12.2 Å². The number of carboxylic acids is 2. The van der Waals surface area contributed by atoms with Gasteiger partial charge in [0.2, 0.25) is 11.8 Å². The molecule has 0 bridgehead atoms. The van der Waals surface area contributed by atoms with E-state index in [-0.39, 0.29) is 0 Å². The highest BCUT2D eigenvalue weighted by atomic mass is 16.4. The molecule has 17 heavy (non-hydrogen) atoms. The molecule has 0 heterocycles. The summed E-state index contributed by atoms with van der Waals surface area (Å²) < 4.78 is 0. The van der Waals surface area contributed by atoms with Crippen LogP contribution in [0.4, 0.5) is 0 Å². The van der Waals surface area contributed by atoms with E-state index in [2.05, 4.69) is 0 Å². The Labute approximate surface area is 96.9 Å². The first-order chi connectivity index (χ1) is 7.51. The SMILES string of the molecule is CC(C)(C(N)=O)C(N)=O.O=C(O)/C=C/C(=O)O. The normalized spacial score (nSPS) is 10.2. The van der Waals surface area contributed by atoms with Crippen molar-refractivity contribution in [3.63, 3.8) is 0 Å². The lowest BCUT2D eigenvalue weighted by molar-refractivity contribution is -0.137. The Bertz CT molecular complexity index is 326. The monoisotopic (exact) mass is 246 g/mol. The minimum atomic E-state index is -1.26. The zero-order valence-electron chi connectivity index (χ0n) is 9.34. The van der Waals surface area contributed by atoms with Gasteiger partial charge in [0, 0.05) is 12.2 Å². The number of nitrogens with two attached hydrogens (primary N) is 2. The third-order valence-electron chi connectivity index (χ3n) is 1.60. The van der Waals surface area contributed by atoms with Crippen molar-refractivity contribution in [2.45, 2.75) is 13.8 Å². The number of hydrogen-bond acceptors (Lipinski definition) is 4. The number of rotatable bonds is 4. The van der Waals surface area contributed by atoms with Crippen LogP contribution in [0.3, 0.4) is 0 Å². The van der Waals surface area contributed by atoms with E-state index in [0.717, 1.165) is 0 Å². The zero-order valence-corrected chi connectivity index (χ0v) is 9.34. The summed E-state index contributed by atoms with van der Waals surface area (Å²) in [7, 11) is 0. The Morgan fingerprint density at radius 1 is 0.882 bits per heavy atom. The molecule has 0 unspecified atom stereocenters. The molecule has 0 aromatic carbocycles. The van der Waals surface area contributed by atoms with Crippen LogP contribution in [-0.2, 0) is 19.2 Å². The molecule has 2 amide bonds. The van der Waals surface area contributed by atoms with Crippen LogP contribution in [0.1, 0.15) is 13.8 Å². The predicted molar refractivity (Wildman–Crippen MR) is 56.6 cm³/mol. The largest absolute Gasteiger partial charge is 0.478 e. The second-order valence-electron chi connectivity index (χ2n) is 3.36.